The van der Waals surface area contributed by atoms with Gasteiger partial charge in [-0.15, -0.1) is 0 Å². The van der Waals surface area contributed by atoms with Crippen molar-refractivity contribution in [1.82, 2.24) is 0 Å². The maximum Gasteiger partial charge on any atom is 0.266 e. The first-order valence-corrected chi connectivity index (χ1v) is 10.6. The number of carbonyl (C=O) groups excluding carboxylic acids is 1. The Balaban J connectivity index is 1.96. The molecule has 1 amide bonds. The van der Waals surface area contributed by atoms with Crippen LogP contribution in [0.5, 0.6) is 0 Å². The number of nitrogens with one attached hydrogen (secondary N) is 1. The van der Waals surface area contributed by atoms with E-state index in [1.54, 1.807) is 12.1 Å². The van der Waals surface area contributed by atoms with Gasteiger partial charge in [-0.3, -0.25) is 4.79 Å². The van der Waals surface area contributed by atoms with Crippen molar-refractivity contribution in [2.45, 2.75) is 38.6 Å². The van der Waals surface area contributed by atoms with Crippen molar-refractivity contribution in [3.63, 3.8) is 0 Å². The zero-order valence-corrected chi connectivity index (χ0v) is 19.5. The van der Waals surface area contributed by atoms with Gasteiger partial charge in [0, 0.05) is 28.3 Å². The second-order valence-electron chi connectivity index (χ2n) is 8.16. The van der Waals surface area contributed by atoms with Crippen LogP contribution in [-0.4, -0.2) is 18.5 Å². The van der Waals surface area contributed by atoms with E-state index >= 15 is 0 Å². The molecular formula is C23H22Cl3N3O. The van der Waals surface area contributed by atoms with E-state index in [-0.39, 0.29) is 11.1 Å². The molecule has 1 aliphatic heterocycles. The van der Waals surface area contributed by atoms with E-state index in [9.17, 15) is 10.1 Å². The van der Waals surface area contributed by atoms with Gasteiger partial charge < -0.3 is 10.2 Å². The van der Waals surface area contributed by atoms with Gasteiger partial charge in [-0.1, -0.05) is 41.7 Å². The van der Waals surface area contributed by atoms with E-state index in [1.165, 1.54) is 12.1 Å². The molecule has 1 aliphatic rings. The van der Waals surface area contributed by atoms with Crippen molar-refractivity contribution in [1.29, 1.82) is 5.26 Å². The number of halogens is 3. The number of hydrogen-bond acceptors (Lipinski definition) is 3. The molecule has 4 nitrogen and oxygen atoms in total. The van der Waals surface area contributed by atoms with Crippen molar-refractivity contribution in [3.8, 4) is 6.07 Å². The molecule has 1 N–H and O–H groups in total. The Bertz CT molecular complexity index is 1090. The van der Waals surface area contributed by atoms with Gasteiger partial charge in [0.15, 0.2) is 0 Å². The normalized spacial score (nSPS) is 17.9. The van der Waals surface area contributed by atoms with Crippen molar-refractivity contribution in [3.05, 3.63) is 62.1 Å². The highest BCUT2D eigenvalue weighted by Crippen LogP contribution is 2.44. The average Bonchev–Trinajstić information content (AvgIpc) is 2.66. The highest BCUT2D eigenvalue weighted by Gasteiger charge is 2.34. The Morgan fingerprint density at radius 1 is 1.23 bits per heavy atom. The largest absolute Gasteiger partial charge is 0.369 e. The SMILES string of the molecule is CC1CC(C)(C)N(C)c2cc(Cl)c(/C=C(/C#N)C(=O)Nc3ccc(Cl)cc3Cl)cc21. The van der Waals surface area contributed by atoms with Crippen molar-refractivity contribution >= 4 is 58.2 Å². The number of fused-ring (bicyclic) bond motifs is 1. The lowest BCUT2D eigenvalue weighted by atomic mass is 9.80. The van der Waals surface area contributed by atoms with Crippen LogP contribution in [0.3, 0.4) is 0 Å². The van der Waals surface area contributed by atoms with Gasteiger partial charge in [0.25, 0.3) is 5.91 Å². The van der Waals surface area contributed by atoms with E-state index in [1.807, 2.05) is 18.2 Å². The Labute approximate surface area is 192 Å². The number of nitriles is 1. The van der Waals surface area contributed by atoms with Crippen LogP contribution in [0.15, 0.2) is 35.9 Å². The molecular weight excluding hydrogens is 441 g/mol. The Morgan fingerprint density at radius 2 is 1.93 bits per heavy atom. The number of nitrogens with zero attached hydrogens (tertiary/aromatic N) is 2. The first-order valence-electron chi connectivity index (χ1n) is 9.49. The smallest absolute Gasteiger partial charge is 0.266 e. The molecule has 1 atom stereocenters. The van der Waals surface area contributed by atoms with Crippen LogP contribution >= 0.6 is 34.8 Å². The molecule has 0 aromatic heterocycles. The average molecular weight is 463 g/mol. The van der Waals surface area contributed by atoms with Gasteiger partial charge in [-0.2, -0.15) is 5.26 Å². The summed E-state index contributed by atoms with van der Waals surface area (Å²) in [5, 5.41) is 13.4. The molecule has 156 valence electrons. The molecule has 3 rings (SSSR count). The van der Waals surface area contributed by atoms with Gasteiger partial charge in [0.1, 0.15) is 11.6 Å². The lowest BCUT2D eigenvalue weighted by molar-refractivity contribution is -0.112. The minimum Gasteiger partial charge on any atom is -0.369 e. The summed E-state index contributed by atoms with van der Waals surface area (Å²) in [5.74, 6) is -0.246. The number of amides is 1. The summed E-state index contributed by atoms with van der Waals surface area (Å²) in [4.78, 5) is 14.9. The molecule has 30 heavy (non-hydrogen) atoms. The monoisotopic (exact) mass is 461 g/mol. The van der Waals surface area contributed by atoms with Crippen LogP contribution in [-0.2, 0) is 4.79 Å². The summed E-state index contributed by atoms with van der Waals surface area (Å²) in [6.45, 7) is 6.58. The standard InChI is InChI=1S/C23H22Cl3N3O/c1-13-11-23(2,3)29(4)21-10-18(25)14(8-17(13)21)7-15(12-27)22(30)28-20-6-5-16(24)9-19(20)26/h5-10,13H,11H2,1-4H3,(H,28,30)/b15-7-. The Kier molecular flexibility index (Phi) is 6.38. The topological polar surface area (TPSA) is 56.1 Å². The fraction of sp³-hybridized carbons (Fsp3) is 0.304. The Hall–Kier alpha value is -2.19. The first kappa shape index (κ1) is 22.5. The third-order valence-electron chi connectivity index (χ3n) is 5.60. The molecule has 0 aliphatic carbocycles. The number of carbonyl (C=O) groups is 1. The highest BCUT2D eigenvalue weighted by molar-refractivity contribution is 6.37. The van der Waals surface area contributed by atoms with Crippen molar-refractivity contribution in [2.75, 3.05) is 17.3 Å². The zero-order chi connectivity index (χ0) is 22.2. The fourth-order valence-corrected chi connectivity index (χ4v) is 4.47. The number of anilines is 2. The summed E-state index contributed by atoms with van der Waals surface area (Å²) in [6.07, 6.45) is 2.50. The second-order valence-corrected chi connectivity index (χ2v) is 9.41. The minimum absolute atomic E-state index is 0.0165. The molecule has 1 unspecified atom stereocenters. The summed E-state index contributed by atoms with van der Waals surface area (Å²) < 4.78 is 0. The maximum atomic E-state index is 12.6. The molecule has 1 heterocycles. The predicted molar refractivity (Wildman–Crippen MR) is 126 cm³/mol. The van der Waals surface area contributed by atoms with Crippen LogP contribution < -0.4 is 10.2 Å². The van der Waals surface area contributed by atoms with Gasteiger partial charge in [0.2, 0.25) is 0 Å². The molecule has 7 heteroatoms. The molecule has 0 radical (unpaired) electrons. The number of benzene rings is 2. The van der Waals surface area contributed by atoms with Gasteiger partial charge in [-0.25, -0.2) is 0 Å². The highest BCUT2D eigenvalue weighted by atomic mass is 35.5. The zero-order valence-electron chi connectivity index (χ0n) is 17.2. The van der Waals surface area contributed by atoms with Crippen LogP contribution in [0.2, 0.25) is 15.1 Å². The number of rotatable bonds is 3. The van der Waals surface area contributed by atoms with Crippen LogP contribution in [0.4, 0.5) is 11.4 Å². The predicted octanol–water partition coefficient (Wildman–Crippen LogP) is 6.91. The quantitative estimate of drug-likeness (QED) is 0.398. The van der Waals surface area contributed by atoms with Gasteiger partial charge in [-0.05, 0) is 73.7 Å². The summed E-state index contributed by atoms with van der Waals surface area (Å²) in [7, 11) is 2.06. The first-order chi connectivity index (χ1) is 14.0. The molecule has 0 spiro atoms. The summed E-state index contributed by atoms with van der Waals surface area (Å²) in [6, 6.07) is 10.5. The number of hydrogen-bond donors (Lipinski definition) is 1. The van der Waals surface area contributed by atoms with Crippen LogP contribution in [0.25, 0.3) is 6.08 Å². The van der Waals surface area contributed by atoms with E-state index in [4.69, 9.17) is 34.8 Å². The van der Waals surface area contributed by atoms with Crippen molar-refractivity contribution in [2.24, 2.45) is 0 Å². The van der Waals surface area contributed by atoms with E-state index in [0.29, 0.717) is 32.2 Å². The lowest BCUT2D eigenvalue weighted by Gasteiger charge is -2.45. The molecule has 0 saturated heterocycles. The Morgan fingerprint density at radius 3 is 2.57 bits per heavy atom. The lowest BCUT2D eigenvalue weighted by Crippen LogP contribution is -2.45. The van der Waals surface area contributed by atoms with Gasteiger partial charge in [0.05, 0.1) is 10.7 Å². The van der Waals surface area contributed by atoms with E-state index < -0.39 is 5.91 Å². The van der Waals surface area contributed by atoms with E-state index in [2.05, 4.69) is 38.0 Å². The third kappa shape index (κ3) is 4.44. The van der Waals surface area contributed by atoms with Crippen LogP contribution in [0, 0.1) is 11.3 Å². The molecule has 0 fully saturated rings. The van der Waals surface area contributed by atoms with Crippen LogP contribution in [0.1, 0.15) is 44.2 Å². The van der Waals surface area contributed by atoms with Crippen molar-refractivity contribution < 1.29 is 4.79 Å². The second kappa shape index (κ2) is 8.51. The molecule has 2 aromatic rings. The fourth-order valence-electron chi connectivity index (χ4n) is 3.80. The van der Waals surface area contributed by atoms with E-state index in [0.717, 1.165) is 17.7 Å². The molecule has 0 bridgehead atoms. The maximum absolute atomic E-state index is 12.6. The third-order valence-corrected chi connectivity index (χ3v) is 6.47. The summed E-state index contributed by atoms with van der Waals surface area (Å²) >= 11 is 18.5. The molecule has 2 aromatic carbocycles. The minimum atomic E-state index is -0.568. The molecule has 0 saturated carbocycles. The van der Waals surface area contributed by atoms with Gasteiger partial charge >= 0.3 is 0 Å². The summed E-state index contributed by atoms with van der Waals surface area (Å²) in [5.41, 5.74) is 3.16.